The summed E-state index contributed by atoms with van der Waals surface area (Å²) in [6.07, 6.45) is 5.71. The van der Waals surface area contributed by atoms with Crippen LogP contribution in [0.2, 0.25) is 0 Å². The van der Waals surface area contributed by atoms with Crippen molar-refractivity contribution in [2.45, 2.75) is 58.0 Å². The van der Waals surface area contributed by atoms with Crippen molar-refractivity contribution in [3.8, 4) is 0 Å². The molecule has 2 aliphatic rings. The van der Waals surface area contributed by atoms with E-state index in [2.05, 4.69) is 17.6 Å². The maximum atomic E-state index is 11.9. The predicted molar refractivity (Wildman–Crippen MR) is 65.1 cm³/mol. The van der Waals surface area contributed by atoms with E-state index in [0.29, 0.717) is 12.1 Å². The average Bonchev–Trinajstić information content (AvgIpc) is 2.58. The van der Waals surface area contributed by atoms with E-state index in [0.717, 1.165) is 31.7 Å². The molecule has 16 heavy (non-hydrogen) atoms. The molecule has 1 aliphatic heterocycles. The maximum absolute atomic E-state index is 11.9. The zero-order valence-electron chi connectivity index (χ0n) is 10.5. The third-order valence-electron chi connectivity index (χ3n) is 4.02. The number of rotatable bonds is 4. The standard InChI is InChI=1S/C13H24N2O/c1-3-4-9(2)13(16)15-12-6-10-5-11(7-12)14-8-10/h9-12,14H,3-8H2,1-2H3,(H,15,16). The van der Waals surface area contributed by atoms with Crippen LogP contribution in [0.3, 0.4) is 0 Å². The highest BCUT2D eigenvalue weighted by molar-refractivity contribution is 5.78. The summed E-state index contributed by atoms with van der Waals surface area (Å²) in [5, 5.41) is 6.75. The molecular weight excluding hydrogens is 200 g/mol. The quantitative estimate of drug-likeness (QED) is 0.763. The summed E-state index contributed by atoms with van der Waals surface area (Å²) < 4.78 is 0. The summed E-state index contributed by atoms with van der Waals surface area (Å²) in [6.45, 7) is 5.32. The van der Waals surface area contributed by atoms with Gasteiger partial charge < -0.3 is 10.6 Å². The van der Waals surface area contributed by atoms with E-state index in [1.807, 2.05) is 6.92 Å². The highest BCUT2D eigenvalue weighted by Crippen LogP contribution is 2.29. The van der Waals surface area contributed by atoms with Crippen molar-refractivity contribution >= 4 is 5.91 Å². The molecule has 0 aromatic carbocycles. The molecule has 0 aromatic rings. The molecule has 4 unspecified atom stereocenters. The molecule has 1 amide bonds. The second-order valence-corrected chi connectivity index (χ2v) is 5.57. The molecular formula is C13H24N2O. The third-order valence-corrected chi connectivity index (χ3v) is 4.02. The molecule has 92 valence electrons. The lowest BCUT2D eigenvalue weighted by atomic mass is 9.86. The summed E-state index contributed by atoms with van der Waals surface area (Å²) in [5.41, 5.74) is 0. The Bertz CT molecular complexity index is 242. The Labute approximate surface area is 98.4 Å². The molecule has 1 heterocycles. The molecule has 3 nitrogen and oxygen atoms in total. The van der Waals surface area contributed by atoms with Crippen LogP contribution in [0, 0.1) is 11.8 Å². The molecule has 0 radical (unpaired) electrons. The second-order valence-electron chi connectivity index (χ2n) is 5.57. The second kappa shape index (κ2) is 5.17. The number of fused-ring (bicyclic) bond motifs is 2. The molecule has 1 saturated heterocycles. The zero-order valence-corrected chi connectivity index (χ0v) is 10.5. The van der Waals surface area contributed by atoms with Crippen molar-refractivity contribution in [1.82, 2.24) is 10.6 Å². The van der Waals surface area contributed by atoms with Gasteiger partial charge in [0.1, 0.15) is 0 Å². The first kappa shape index (κ1) is 11.9. The van der Waals surface area contributed by atoms with Crippen LogP contribution in [0.5, 0.6) is 0 Å². The van der Waals surface area contributed by atoms with Gasteiger partial charge >= 0.3 is 0 Å². The minimum Gasteiger partial charge on any atom is -0.353 e. The van der Waals surface area contributed by atoms with Crippen LogP contribution >= 0.6 is 0 Å². The molecule has 1 aliphatic carbocycles. The first-order valence-electron chi connectivity index (χ1n) is 6.72. The molecule has 2 rings (SSSR count). The molecule has 3 heteroatoms. The highest BCUT2D eigenvalue weighted by Gasteiger charge is 2.34. The molecule has 2 bridgehead atoms. The van der Waals surface area contributed by atoms with E-state index in [1.165, 1.54) is 12.8 Å². The first-order chi connectivity index (χ1) is 7.69. The lowest BCUT2D eigenvalue weighted by Gasteiger charge is -2.28. The van der Waals surface area contributed by atoms with E-state index in [9.17, 15) is 4.79 Å². The van der Waals surface area contributed by atoms with Crippen molar-refractivity contribution in [1.29, 1.82) is 0 Å². The van der Waals surface area contributed by atoms with Crippen molar-refractivity contribution < 1.29 is 4.79 Å². The van der Waals surface area contributed by atoms with Crippen molar-refractivity contribution in [2.24, 2.45) is 11.8 Å². The number of carbonyl (C=O) groups is 1. The lowest BCUT2D eigenvalue weighted by molar-refractivity contribution is -0.125. The smallest absolute Gasteiger partial charge is 0.223 e. The van der Waals surface area contributed by atoms with Gasteiger partial charge in [0.25, 0.3) is 0 Å². The fraction of sp³-hybridized carbons (Fsp3) is 0.923. The largest absolute Gasteiger partial charge is 0.353 e. The van der Waals surface area contributed by atoms with E-state index < -0.39 is 0 Å². The van der Waals surface area contributed by atoms with Gasteiger partial charge in [0.2, 0.25) is 5.91 Å². The van der Waals surface area contributed by atoms with Gasteiger partial charge in [-0.1, -0.05) is 20.3 Å². The molecule has 0 aromatic heterocycles. The van der Waals surface area contributed by atoms with Crippen LogP contribution in [-0.2, 0) is 4.79 Å². The van der Waals surface area contributed by atoms with Crippen molar-refractivity contribution in [3.63, 3.8) is 0 Å². The van der Waals surface area contributed by atoms with E-state index in [-0.39, 0.29) is 11.8 Å². The Balaban J connectivity index is 1.79. The van der Waals surface area contributed by atoms with Gasteiger partial charge in [-0.3, -0.25) is 4.79 Å². The van der Waals surface area contributed by atoms with Gasteiger partial charge in [-0.15, -0.1) is 0 Å². The Morgan fingerprint density at radius 1 is 1.44 bits per heavy atom. The molecule has 4 atom stereocenters. The fourth-order valence-electron chi connectivity index (χ4n) is 3.13. The Kier molecular flexibility index (Phi) is 3.85. The molecule has 2 N–H and O–H groups in total. The van der Waals surface area contributed by atoms with Gasteiger partial charge in [0, 0.05) is 18.0 Å². The number of nitrogens with one attached hydrogen (secondary N) is 2. The van der Waals surface area contributed by atoms with Crippen LogP contribution in [0.1, 0.15) is 46.0 Å². The Morgan fingerprint density at radius 2 is 2.25 bits per heavy atom. The monoisotopic (exact) mass is 224 g/mol. The average molecular weight is 224 g/mol. The minimum atomic E-state index is 0.178. The maximum Gasteiger partial charge on any atom is 0.223 e. The lowest BCUT2D eigenvalue weighted by Crippen LogP contribution is -2.43. The normalized spacial score (nSPS) is 34.8. The topological polar surface area (TPSA) is 41.1 Å². The van der Waals surface area contributed by atoms with Gasteiger partial charge in [0.15, 0.2) is 0 Å². The van der Waals surface area contributed by atoms with Crippen LogP contribution in [-0.4, -0.2) is 24.5 Å². The van der Waals surface area contributed by atoms with E-state index in [4.69, 9.17) is 0 Å². The van der Waals surface area contributed by atoms with Crippen LogP contribution in [0.25, 0.3) is 0 Å². The predicted octanol–water partition coefficient (Wildman–Crippen LogP) is 1.68. The van der Waals surface area contributed by atoms with E-state index in [1.54, 1.807) is 0 Å². The fourth-order valence-corrected chi connectivity index (χ4v) is 3.13. The summed E-state index contributed by atoms with van der Waals surface area (Å²) >= 11 is 0. The van der Waals surface area contributed by atoms with E-state index >= 15 is 0 Å². The SMILES string of the molecule is CCCC(C)C(=O)NC1CC2CNC(C2)C1. The number of hydrogen-bond donors (Lipinski definition) is 2. The van der Waals surface area contributed by atoms with Gasteiger partial charge in [-0.2, -0.15) is 0 Å². The molecule has 0 spiro atoms. The number of carbonyl (C=O) groups excluding carboxylic acids is 1. The number of amides is 1. The zero-order chi connectivity index (χ0) is 11.5. The third kappa shape index (κ3) is 2.76. The van der Waals surface area contributed by atoms with Crippen molar-refractivity contribution in [3.05, 3.63) is 0 Å². The Morgan fingerprint density at radius 3 is 2.94 bits per heavy atom. The summed E-state index contributed by atoms with van der Waals surface area (Å²) in [6, 6.07) is 1.08. The first-order valence-corrected chi connectivity index (χ1v) is 6.72. The van der Waals surface area contributed by atoms with Gasteiger partial charge in [0.05, 0.1) is 0 Å². The van der Waals surface area contributed by atoms with Crippen LogP contribution < -0.4 is 10.6 Å². The van der Waals surface area contributed by atoms with Crippen LogP contribution in [0.15, 0.2) is 0 Å². The van der Waals surface area contributed by atoms with Crippen molar-refractivity contribution in [2.75, 3.05) is 6.54 Å². The Hall–Kier alpha value is -0.570. The van der Waals surface area contributed by atoms with Crippen LogP contribution in [0.4, 0.5) is 0 Å². The summed E-state index contributed by atoms with van der Waals surface area (Å²) in [4.78, 5) is 11.9. The summed E-state index contributed by atoms with van der Waals surface area (Å²) in [5.74, 6) is 1.23. The highest BCUT2D eigenvalue weighted by atomic mass is 16.1. The van der Waals surface area contributed by atoms with Gasteiger partial charge in [-0.05, 0) is 38.1 Å². The minimum absolute atomic E-state index is 0.178. The molecule has 1 saturated carbocycles. The van der Waals surface area contributed by atoms with Gasteiger partial charge in [-0.25, -0.2) is 0 Å². The number of hydrogen-bond acceptors (Lipinski definition) is 2. The molecule has 2 fully saturated rings. The summed E-state index contributed by atoms with van der Waals surface area (Å²) in [7, 11) is 0.